The molecule has 0 bridgehead atoms. The summed E-state index contributed by atoms with van der Waals surface area (Å²) >= 11 is 1.56. The van der Waals surface area contributed by atoms with Gasteiger partial charge in [0.15, 0.2) is 0 Å². The van der Waals surface area contributed by atoms with Gasteiger partial charge < -0.3 is 4.90 Å². The number of nitriles is 1. The third-order valence-electron chi connectivity index (χ3n) is 3.38. The molecule has 21 heavy (non-hydrogen) atoms. The minimum Gasteiger partial charge on any atom is -0.311 e. The van der Waals surface area contributed by atoms with Crippen molar-refractivity contribution >= 4 is 33.0 Å². The Kier molecular flexibility index (Phi) is 3.43. The first-order valence-corrected chi connectivity index (χ1v) is 7.33. The van der Waals surface area contributed by atoms with E-state index in [-0.39, 0.29) is 5.91 Å². The zero-order valence-corrected chi connectivity index (χ0v) is 12.2. The van der Waals surface area contributed by atoms with E-state index in [2.05, 4.69) is 6.07 Å². The zero-order valence-electron chi connectivity index (χ0n) is 11.4. The molecule has 3 aromatic rings. The second-order valence-corrected chi connectivity index (χ2v) is 5.58. The number of rotatable bonds is 2. The first-order chi connectivity index (χ1) is 10.2. The molecule has 3 nitrogen and oxygen atoms in total. The molecule has 3 rings (SSSR count). The zero-order chi connectivity index (χ0) is 14.8. The van der Waals surface area contributed by atoms with Gasteiger partial charge in [0.2, 0.25) is 0 Å². The van der Waals surface area contributed by atoms with E-state index in [1.165, 1.54) is 0 Å². The third-order valence-corrected chi connectivity index (χ3v) is 4.34. The number of hydrogen-bond acceptors (Lipinski definition) is 3. The molecule has 0 aliphatic rings. The van der Waals surface area contributed by atoms with Crippen LogP contribution in [0.25, 0.3) is 10.1 Å². The maximum atomic E-state index is 12.7. The lowest BCUT2D eigenvalue weighted by molar-refractivity contribution is 0.0995. The maximum absolute atomic E-state index is 12.7. The summed E-state index contributed by atoms with van der Waals surface area (Å²) in [5.74, 6) is -0.0671. The van der Waals surface area contributed by atoms with Crippen molar-refractivity contribution in [2.75, 3.05) is 11.9 Å². The molecule has 0 fully saturated rings. The Morgan fingerprint density at radius 3 is 2.81 bits per heavy atom. The van der Waals surface area contributed by atoms with Crippen LogP contribution in [0.4, 0.5) is 5.69 Å². The van der Waals surface area contributed by atoms with Gasteiger partial charge in [-0.25, -0.2) is 0 Å². The summed E-state index contributed by atoms with van der Waals surface area (Å²) in [5, 5.41) is 11.8. The average molecular weight is 292 g/mol. The lowest BCUT2D eigenvalue weighted by atomic mass is 10.1. The summed E-state index contributed by atoms with van der Waals surface area (Å²) in [6.07, 6.45) is 0. The summed E-state index contributed by atoms with van der Waals surface area (Å²) in [6.45, 7) is 0. The molecule has 0 unspecified atom stereocenters. The second-order valence-electron chi connectivity index (χ2n) is 4.67. The van der Waals surface area contributed by atoms with E-state index in [0.717, 1.165) is 10.1 Å². The van der Waals surface area contributed by atoms with Gasteiger partial charge >= 0.3 is 0 Å². The molecule has 0 saturated heterocycles. The first-order valence-electron chi connectivity index (χ1n) is 6.45. The lowest BCUT2D eigenvalue weighted by Crippen LogP contribution is -2.25. The van der Waals surface area contributed by atoms with Crippen LogP contribution in [-0.4, -0.2) is 13.0 Å². The van der Waals surface area contributed by atoms with Crippen LogP contribution in [0.2, 0.25) is 0 Å². The molecule has 0 aliphatic carbocycles. The van der Waals surface area contributed by atoms with Crippen molar-refractivity contribution in [1.29, 1.82) is 5.26 Å². The number of amides is 1. The van der Waals surface area contributed by atoms with Gasteiger partial charge in [-0.15, -0.1) is 11.3 Å². The normalized spacial score (nSPS) is 10.3. The maximum Gasteiger partial charge on any atom is 0.259 e. The molecule has 1 amide bonds. The molecular formula is C17H12N2OS. The van der Waals surface area contributed by atoms with Gasteiger partial charge in [0.25, 0.3) is 5.91 Å². The van der Waals surface area contributed by atoms with Gasteiger partial charge in [-0.3, -0.25) is 4.79 Å². The van der Waals surface area contributed by atoms with Crippen LogP contribution < -0.4 is 4.90 Å². The molecule has 0 atom stereocenters. The van der Waals surface area contributed by atoms with Crippen LogP contribution in [0.3, 0.4) is 0 Å². The molecule has 0 N–H and O–H groups in total. The van der Waals surface area contributed by atoms with Crippen LogP contribution in [0, 0.1) is 11.3 Å². The highest BCUT2D eigenvalue weighted by atomic mass is 32.1. The van der Waals surface area contributed by atoms with E-state index in [1.54, 1.807) is 41.5 Å². The highest BCUT2D eigenvalue weighted by molar-refractivity contribution is 7.17. The highest BCUT2D eigenvalue weighted by Gasteiger charge is 2.17. The van der Waals surface area contributed by atoms with Crippen molar-refractivity contribution in [2.24, 2.45) is 0 Å². The van der Waals surface area contributed by atoms with Gasteiger partial charge in [0.1, 0.15) is 0 Å². The van der Waals surface area contributed by atoms with Crippen LogP contribution in [0.1, 0.15) is 15.9 Å². The Morgan fingerprint density at radius 1 is 1.19 bits per heavy atom. The van der Waals surface area contributed by atoms with Crippen molar-refractivity contribution < 1.29 is 4.79 Å². The summed E-state index contributed by atoms with van der Waals surface area (Å²) in [5.41, 5.74) is 1.96. The van der Waals surface area contributed by atoms with E-state index in [0.29, 0.717) is 16.8 Å². The number of carbonyl (C=O) groups excluding carboxylic acids is 1. The van der Waals surface area contributed by atoms with E-state index in [1.807, 2.05) is 35.7 Å². The van der Waals surface area contributed by atoms with E-state index in [9.17, 15) is 4.79 Å². The molecule has 102 valence electrons. The topological polar surface area (TPSA) is 44.1 Å². The number of carbonyl (C=O) groups is 1. The summed E-state index contributed by atoms with van der Waals surface area (Å²) in [6, 6.07) is 17.0. The third kappa shape index (κ3) is 2.39. The first kappa shape index (κ1) is 13.3. The summed E-state index contributed by atoms with van der Waals surface area (Å²) in [7, 11) is 1.73. The van der Waals surface area contributed by atoms with Crippen molar-refractivity contribution in [3.63, 3.8) is 0 Å². The van der Waals surface area contributed by atoms with Gasteiger partial charge in [-0.05, 0) is 24.3 Å². The number of benzene rings is 2. The molecule has 2 aromatic carbocycles. The second kappa shape index (κ2) is 5.39. The minimum absolute atomic E-state index is 0.0671. The SMILES string of the molecule is CN(C(=O)c1csc2ccccc12)c1cccc(C#N)c1. The standard InChI is InChI=1S/C17H12N2OS/c1-19(13-6-4-5-12(9-13)10-18)17(20)15-11-21-16-8-3-2-7-14(15)16/h2-9,11H,1H3. The molecule has 4 heteroatoms. The van der Waals surface area contributed by atoms with Gasteiger partial charge in [-0.1, -0.05) is 24.3 Å². The van der Waals surface area contributed by atoms with Gasteiger partial charge in [0.05, 0.1) is 17.2 Å². The largest absolute Gasteiger partial charge is 0.311 e. The predicted molar refractivity (Wildman–Crippen MR) is 85.7 cm³/mol. The molecule has 0 spiro atoms. The Hall–Kier alpha value is -2.64. The van der Waals surface area contributed by atoms with Crippen LogP contribution in [0.15, 0.2) is 53.9 Å². The van der Waals surface area contributed by atoms with Gasteiger partial charge in [-0.2, -0.15) is 5.26 Å². The fraction of sp³-hybridized carbons (Fsp3) is 0.0588. The number of thiophene rings is 1. The monoisotopic (exact) mass is 292 g/mol. The van der Waals surface area contributed by atoms with Crippen LogP contribution in [-0.2, 0) is 0 Å². The van der Waals surface area contributed by atoms with Gasteiger partial charge in [0, 0.05) is 28.2 Å². The fourth-order valence-electron chi connectivity index (χ4n) is 2.23. The smallest absolute Gasteiger partial charge is 0.259 e. The quantitative estimate of drug-likeness (QED) is 0.715. The average Bonchev–Trinajstić information content (AvgIpc) is 2.97. The molecule has 1 heterocycles. The fourth-order valence-corrected chi connectivity index (χ4v) is 3.16. The predicted octanol–water partition coefficient (Wildman–Crippen LogP) is 4.05. The molecule has 0 radical (unpaired) electrons. The summed E-state index contributed by atoms with van der Waals surface area (Å²) in [4.78, 5) is 14.2. The van der Waals surface area contributed by atoms with Crippen LogP contribution in [0.5, 0.6) is 0 Å². The highest BCUT2D eigenvalue weighted by Crippen LogP contribution is 2.27. The Morgan fingerprint density at radius 2 is 2.00 bits per heavy atom. The summed E-state index contributed by atoms with van der Waals surface area (Å²) < 4.78 is 1.10. The van der Waals surface area contributed by atoms with Crippen molar-refractivity contribution in [2.45, 2.75) is 0 Å². The Labute approximate surface area is 126 Å². The van der Waals surface area contributed by atoms with Crippen LogP contribution >= 0.6 is 11.3 Å². The number of nitrogens with zero attached hydrogens (tertiary/aromatic N) is 2. The molecule has 1 aromatic heterocycles. The number of hydrogen-bond donors (Lipinski definition) is 0. The Bertz CT molecular complexity index is 860. The lowest BCUT2D eigenvalue weighted by Gasteiger charge is -2.17. The van der Waals surface area contributed by atoms with Crippen molar-refractivity contribution in [3.05, 3.63) is 65.0 Å². The molecular weight excluding hydrogens is 280 g/mol. The minimum atomic E-state index is -0.0671. The Balaban J connectivity index is 1.99. The molecule has 0 saturated carbocycles. The molecule has 0 aliphatic heterocycles. The van der Waals surface area contributed by atoms with E-state index in [4.69, 9.17) is 5.26 Å². The van der Waals surface area contributed by atoms with E-state index >= 15 is 0 Å². The number of fused-ring (bicyclic) bond motifs is 1. The van der Waals surface area contributed by atoms with Crippen molar-refractivity contribution in [3.8, 4) is 6.07 Å². The number of anilines is 1. The van der Waals surface area contributed by atoms with E-state index < -0.39 is 0 Å². The van der Waals surface area contributed by atoms with Crippen molar-refractivity contribution in [1.82, 2.24) is 0 Å².